The van der Waals surface area contributed by atoms with Crippen LogP contribution >= 0.6 is 0 Å². The number of hydrogen-bond donors (Lipinski definition) is 2. The van der Waals surface area contributed by atoms with Crippen molar-refractivity contribution in [3.8, 4) is 0 Å². The van der Waals surface area contributed by atoms with E-state index in [2.05, 4.69) is 50.1 Å². The van der Waals surface area contributed by atoms with Gasteiger partial charge in [0.1, 0.15) is 11.4 Å². The Balaban J connectivity index is 1.27. The van der Waals surface area contributed by atoms with E-state index in [-0.39, 0.29) is 11.9 Å². The number of nitrogens with one attached hydrogen (secondary N) is 2. The molecule has 164 valence electrons. The Kier molecular flexibility index (Phi) is 5.83. The lowest BCUT2D eigenvalue weighted by Gasteiger charge is -2.22. The van der Waals surface area contributed by atoms with Gasteiger partial charge in [0.15, 0.2) is 5.65 Å². The van der Waals surface area contributed by atoms with Gasteiger partial charge in [-0.15, -0.1) is 0 Å². The van der Waals surface area contributed by atoms with Crippen LogP contribution in [0.25, 0.3) is 5.65 Å². The third-order valence-corrected chi connectivity index (χ3v) is 5.92. The highest BCUT2D eigenvalue weighted by atomic mass is 16.1. The Morgan fingerprint density at radius 2 is 1.91 bits per heavy atom. The molecule has 0 saturated heterocycles. The number of carbonyl (C=O) groups excluding carboxylic acids is 1. The number of aromatic nitrogens is 5. The zero-order valence-electron chi connectivity index (χ0n) is 17.9. The summed E-state index contributed by atoms with van der Waals surface area (Å²) < 4.78 is 3.55. The lowest BCUT2D eigenvalue weighted by Crippen LogP contribution is -2.36. The van der Waals surface area contributed by atoms with E-state index in [4.69, 9.17) is 0 Å². The summed E-state index contributed by atoms with van der Waals surface area (Å²) in [5, 5.41) is 15.1. The van der Waals surface area contributed by atoms with E-state index in [0.717, 1.165) is 24.9 Å². The molecule has 32 heavy (non-hydrogen) atoms. The number of benzene rings is 1. The fourth-order valence-corrected chi connectivity index (χ4v) is 4.25. The van der Waals surface area contributed by atoms with E-state index < -0.39 is 0 Å². The van der Waals surface area contributed by atoms with Crippen molar-refractivity contribution in [3.63, 3.8) is 0 Å². The first-order valence-corrected chi connectivity index (χ1v) is 11.2. The minimum Gasteiger partial charge on any atom is -0.366 e. The molecule has 1 aliphatic rings. The molecular formula is C24H27N7O. The molecule has 1 fully saturated rings. The molecule has 4 aromatic rings. The molecule has 3 aromatic heterocycles. The fraction of sp³-hybridized carbons (Fsp3) is 0.333. The van der Waals surface area contributed by atoms with E-state index in [1.807, 2.05) is 29.2 Å². The van der Waals surface area contributed by atoms with Crippen LogP contribution in [-0.4, -0.2) is 36.3 Å². The first-order chi connectivity index (χ1) is 15.7. The second kappa shape index (κ2) is 9.21. The summed E-state index contributed by atoms with van der Waals surface area (Å²) in [5.41, 5.74) is 3.42. The smallest absolute Gasteiger partial charge is 0.256 e. The molecule has 0 radical (unpaired) electrons. The molecule has 1 amide bonds. The molecule has 0 atom stereocenters. The van der Waals surface area contributed by atoms with Gasteiger partial charge in [0.25, 0.3) is 5.91 Å². The highest BCUT2D eigenvalue weighted by molar-refractivity contribution is 5.99. The minimum absolute atomic E-state index is 0.0946. The van der Waals surface area contributed by atoms with E-state index in [0.29, 0.717) is 23.6 Å². The van der Waals surface area contributed by atoms with Crippen molar-refractivity contribution in [3.05, 3.63) is 77.9 Å². The van der Waals surface area contributed by atoms with Gasteiger partial charge in [-0.3, -0.25) is 9.48 Å². The molecule has 1 aromatic carbocycles. The van der Waals surface area contributed by atoms with Crippen LogP contribution in [0.1, 0.15) is 53.6 Å². The van der Waals surface area contributed by atoms with Crippen molar-refractivity contribution in [2.24, 2.45) is 0 Å². The number of nitrogens with zero attached hydrogens (tertiary/aromatic N) is 5. The SMILES string of the molecule is O=C(NC1CCCCC1)c1cnn2ccc(NCc3cccc(Cn4cccn4)c3)nc12. The van der Waals surface area contributed by atoms with Crippen molar-refractivity contribution in [2.45, 2.75) is 51.2 Å². The standard InChI is InChI=1S/C24H27N7O/c32-24(28-20-8-2-1-3-9-20)21-16-27-31-13-10-22(29-23(21)31)25-15-18-6-4-7-19(14-18)17-30-12-5-11-26-30/h4-7,10-14,16,20H,1-3,8-9,15,17H2,(H,25,29)(H,28,32). The number of hydrogen-bond acceptors (Lipinski definition) is 5. The molecule has 2 N–H and O–H groups in total. The van der Waals surface area contributed by atoms with Crippen LogP contribution < -0.4 is 10.6 Å². The summed E-state index contributed by atoms with van der Waals surface area (Å²) in [5.74, 6) is 0.616. The Morgan fingerprint density at radius 3 is 2.75 bits per heavy atom. The zero-order valence-corrected chi connectivity index (χ0v) is 17.9. The summed E-state index contributed by atoms with van der Waals surface area (Å²) in [4.78, 5) is 17.5. The van der Waals surface area contributed by atoms with Crippen LogP contribution in [-0.2, 0) is 13.1 Å². The van der Waals surface area contributed by atoms with Gasteiger partial charge in [-0.05, 0) is 36.1 Å². The molecule has 0 bridgehead atoms. The largest absolute Gasteiger partial charge is 0.366 e. The maximum absolute atomic E-state index is 12.8. The van der Waals surface area contributed by atoms with Gasteiger partial charge in [0.2, 0.25) is 0 Å². The molecule has 1 aliphatic carbocycles. The second-order valence-electron chi connectivity index (χ2n) is 8.32. The zero-order chi connectivity index (χ0) is 21.8. The van der Waals surface area contributed by atoms with Crippen molar-refractivity contribution in [2.75, 3.05) is 5.32 Å². The minimum atomic E-state index is -0.0946. The lowest BCUT2D eigenvalue weighted by atomic mass is 9.95. The summed E-state index contributed by atoms with van der Waals surface area (Å²) in [6.45, 7) is 1.37. The average Bonchev–Trinajstić information content (AvgIpc) is 3.48. The monoisotopic (exact) mass is 429 g/mol. The lowest BCUT2D eigenvalue weighted by molar-refractivity contribution is 0.0929. The van der Waals surface area contributed by atoms with Gasteiger partial charge in [0.05, 0.1) is 12.7 Å². The van der Waals surface area contributed by atoms with Crippen molar-refractivity contribution in [1.82, 2.24) is 29.7 Å². The number of amides is 1. The van der Waals surface area contributed by atoms with Crippen LogP contribution in [0, 0.1) is 0 Å². The van der Waals surface area contributed by atoms with Crippen LogP contribution in [0.15, 0.2) is 61.2 Å². The second-order valence-corrected chi connectivity index (χ2v) is 8.32. The predicted molar refractivity (Wildman–Crippen MR) is 122 cm³/mol. The molecule has 5 rings (SSSR count). The summed E-state index contributed by atoms with van der Waals surface area (Å²) in [6, 6.07) is 12.4. The van der Waals surface area contributed by atoms with Gasteiger partial charge >= 0.3 is 0 Å². The van der Waals surface area contributed by atoms with Crippen LogP contribution in [0.5, 0.6) is 0 Å². The topological polar surface area (TPSA) is 89.1 Å². The molecule has 0 spiro atoms. The Morgan fingerprint density at radius 1 is 1.03 bits per heavy atom. The summed E-state index contributed by atoms with van der Waals surface area (Å²) >= 11 is 0. The van der Waals surface area contributed by atoms with E-state index in [9.17, 15) is 4.79 Å². The molecule has 3 heterocycles. The van der Waals surface area contributed by atoms with E-state index >= 15 is 0 Å². The number of fused-ring (bicyclic) bond motifs is 1. The van der Waals surface area contributed by atoms with Crippen LogP contribution in [0.4, 0.5) is 5.82 Å². The third kappa shape index (κ3) is 4.64. The summed E-state index contributed by atoms with van der Waals surface area (Å²) in [7, 11) is 0. The van der Waals surface area contributed by atoms with Gasteiger partial charge in [-0.2, -0.15) is 10.2 Å². The highest BCUT2D eigenvalue weighted by Crippen LogP contribution is 2.19. The molecular weight excluding hydrogens is 402 g/mol. The number of carbonyl (C=O) groups is 1. The van der Waals surface area contributed by atoms with E-state index in [1.165, 1.54) is 24.8 Å². The molecule has 8 nitrogen and oxygen atoms in total. The highest BCUT2D eigenvalue weighted by Gasteiger charge is 2.20. The molecule has 0 unspecified atom stereocenters. The Hall–Kier alpha value is -3.68. The molecule has 1 saturated carbocycles. The third-order valence-electron chi connectivity index (χ3n) is 5.92. The van der Waals surface area contributed by atoms with Crippen LogP contribution in [0.3, 0.4) is 0 Å². The van der Waals surface area contributed by atoms with Crippen molar-refractivity contribution >= 4 is 17.4 Å². The quantitative estimate of drug-likeness (QED) is 0.468. The first-order valence-electron chi connectivity index (χ1n) is 11.2. The predicted octanol–water partition coefficient (Wildman–Crippen LogP) is 3.65. The molecule has 8 heteroatoms. The fourth-order valence-electron chi connectivity index (χ4n) is 4.25. The number of rotatable bonds is 7. The maximum Gasteiger partial charge on any atom is 0.256 e. The first kappa shape index (κ1) is 20.2. The van der Waals surface area contributed by atoms with Gasteiger partial charge in [-0.25, -0.2) is 9.50 Å². The van der Waals surface area contributed by atoms with Crippen molar-refractivity contribution < 1.29 is 4.79 Å². The van der Waals surface area contributed by atoms with Gasteiger partial charge in [0, 0.05) is 31.2 Å². The van der Waals surface area contributed by atoms with Crippen molar-refractivity contribution in [1.29, 1.82) is 0 Å². The normalized spacial score (nSPS) is 14.5. The Bertz CT molecular complexity index is 1190. The number of anilines is 1. The van der Waals surface area contributed by atoms with Gasteiger partial charge in [-0.1, -0.05) is 43.5 Å². The van der Waals surface area contributed by atoms with Crippen LogP contribution in [0.2, 0.25) is 0 Å². The maximum atomic E-state index is 12.8. The van der Waals surface area contributed by atoms with E-state index in [1.54, 1.807) is 16.9 Å². The Labute approximate surface area is 186 Å². The molecule has 0 aliphatic heterocycles. The van der Waals surface area contributed by atoms with Gasteiger partial charge < -0.3 is 10.6 Å². The average molecular weight is 430 g/mol. The summed E-state index contributed by atoms with van der Waals surface area (Å²) in [6.07, 6.45) is 12.9.